The minimum atomic E-state index is -0.221. The molecule has 2 nitrogen and oxygen atoms in total. The van der Waals surface area contributed by atoms with Crippen LogP contribution in [-0.4, -0.2) is 0 Å². The third-order valence-corrected chi connectivity index (χ3v) is 3.77. The predicted molar refractivity (Wildman–Crippen MR) is 82.9 cm³/mol. The molecule has 0 radical (unpaired) electrons. The summed E-state index contributed by atoms with van der Waals surface area (Å²) in [5.74, 6) is 0.858. The summed E-state index contributed by atoms with van der Waals surface area (Å²) < 4.78 is 5.97. The Balaban J connectivity index is 2.12. The summed E-state index contributed by atoms with van der Waals surface area (Å²) >= 11 is 0. The van der Waals surface area contributed by atoms with E-state index >= 15 is 0 Å². The van der Waals surface area contributed by atoms with Gasteiger partial charge in [-0.2, -0.15) is 0 Å². The first-order valence-electron chi connectivity index (χ1n) is 6.88. The summed E-state index contributed by atoms with van der Waals surface area (Å²) in [6.45, 7) is 6.26. The van der Waals surface area contributed by atoms with Crippen LogP contribution in [0.3, 0.4) is 0 Å². The molecule has 0 spiro atoms. The molecule has 0 fully saturated rings. The van der Waals surface area contributed by atoms with E-state index in [0.29, 0.717) is 0 Å². The van der Waals surface area contributed by atoms with Crippen LogP contribution in [0.4, 0.5) is 0 Å². The van der Waals surface area contributed by atoms with Crippen LogP contribution in [-0.2, 0) is 0 Å². The van der Waals surface area contributed by atoms with Crippen molar-refractivity contribution in [3.63, 3.8) is 0 Å². The van der Waals surface area contributed by atoms with Crippen LogP contribution in [0.1, 0.15) is 34.1 Å². The third kappa shape index (κ3) is 2.12. The van der Waals surface area contributed by atoms with Gasteiger partial charge in [0.25, 0.3) is 0 Å². The Morgan fingerprint density at radius 1 is 0.950 bits per heavy atom. The van der Waals surface area contributed by atoms with E-state index in [4.69, 9.17) is 10.2 Å². The summed E-state index contributed by atoms with van der Waals surface area (Å²) in [5.41, 5.74) is 12.0. The number of hydrogen-bond donors (Lipinski definition) is 1. The van der Waals surface area contributed by atoms with E-state index in [0.717, 1.165) is 27.9 Å². The highest BCUT2D eigenvalue weighted by molar-refractivity contribution is 5.82. The lowest BCUT2D eigenvalue weighted by atomic mass is 9.98. The Kier molecular flexibility index (Phi) is 3.11. The maximum atomic E-state index is 6.43. The molecule has 0 aliphatic heterocycles. The highest BCUT2D eigenvalue weighted by Gasteiger charge is 2.18. The van der Waals surface area contributed by atoms with Crippen molar-refractivity contribution < 1.29 is 4.42 Å². The van der Waals surface area contributed by atoms with Crippen LogP contribution in [0.15, 0.2) is 46.9 Å². The highest BCUT2D eigenvalue weighted by Crippen LogP contribution is 2.31. The van der Waals surface area contributed by atoms with Crippen LogP contribution < -0.4 is 5.73 Å². The van der Waals surface area contributed by atoms with Gasteiger partial charge in [-0.3, -0.25) is 0 Å². The van der Waals surface area contributed by atoms with Crippen molar-refractivity contribution >= 4 is 11.0 Å². The second-order valence-corrected chi connectivity index (χ2v) is 5.49. The molecule has 1 aromatic heterocycles. The van der Waals surface area contributed by atoms with Crippen LogP contribution in [0, 0.1) is 20.8 Å². The number of furan rings is 1. The summed E-state index contributed by atoms with van der Waals surface area (Å²) in [7, 11) is 0. The zero-order chi connectivity index (χ0) is 14.3. The number of fused-ring (bicyclic) bond motifs is 1. The lowest BCUT2D eigenvalue weighted by molar-refractivity contribution is 0.521. The standard InChI is InChI=1S/C18H19NO/c1-11-8-12(2)10-14(9-11)17(19)18-13(3)15-6-4-5-7-16(15)20-18/h4-10,17H,19H2,1-3H3. The molecule has 102 valence electrons. The molecule has 0 saturated heterocycles. The van der Waals surface area contributed by atoms with E-state index < -0.39 is 0 Å². The van der Waals surface area contributed by atoms with Gasteiger partial charge >= 0.3 is 0 Å². The summed E-state index contributed by atoms with van der Waals surface area (Å²) in [6.07, 6.45) is 0. The van der Waals surface area contributed by atoms with Crippen LogP contribution in [0.2, 0.25) is 0 Å². The molecular formula is C18H19NO. The maximum absolute atomic E-state index is 6.43. The second kappa shape index (κ2) is 4.80. The molecule has 1 unspecified atom stereocenters. The molecule has 1 heterocycles. The molecule has 2 aromatic carbocycles. The Hall–Kier alpha value is -2.06. The van der Waals surface area contributed by atoms with Gasteiger partial charge in [0.1, 0.15) is 11.3 Å². The van der Waals surface area contributed by atoms with Crippen molar-refractivity contribution in [3.05, 3.63) is 70.5 Å². The molecule has 0 aliphatic carbocycles. The number of para-hydroxylation sites is 1. The van der Waals surface area contributed by atoms with Gasteiger partial charge in [-0.25, -0.2) is 0 Å². The first kappa shape index (κ1) is 12.9. The van der Waals surface area contributed by atoms with E-state index in [1.54, 1.807) is 0 Å². The lowest BCUT2D eigenvalue weighted by Gasteiger charge is -2.12. The van der Waals surface area contributed by atoms with Gasteiger partial charge in [-0.1, -0.05) is 47.5 Å². The van der Waals surface area contributed by atoms with Gasteiger partial charge in [0.05, 0.1) is 6.04 Å². The fourth-order valence-electron chi connectivity index (χ4n) is 2.83. The quantitative estimate of drug-likeness (QED) is 0.745. The molecule has 0 saturated carbocycles. The Morgan fingerprint density at radius 3 is 2.25 bits per heavy atom. The van der Waals surface area contributed by atoms with Gasteiger partial charge in [0.15, 0.2) is 0 Å². The fraction of sp³-hybridized carbons (Fsp3) is 0.222. The monoisotopic (exact) mass is 265 g/mol. The van der Waals surface area contributed by atoms with Crippen molar-refractivity contribution in [1.29, 1.82) is 0 Å². The average Bonchev–Trinajstić information content (AvgIpc) is 2.75. The van der Waals surface area contributed by atoms with E-state index in [1.165, 1.54) is 11.1 Å². The largest absolute Gasteiger partial charge is 0.459 e. The van der Waals surface area contributed by atoms with Crippen molar-refractivity contribution in [3.8, 4) is 0 Å². The van der Waals surface area contributed by atoms with Gasteiger partial charge in [0.2, 0.25) is 0 Å². The zero-order valence-corrected chi connectivity index (χ0v) is 12.1. The molecule has 0 amide bonds. The molecule has 3 aromatic rings. The Bertz CT molecular complexity index is 750. The Labute approximate surface area is 119 Å². The minimum absolute atomic E-state index is 0.221. The molecule has 0 bridgehead atoms. The average molecular weight is 265 g/mol. The first-order valence-corrected chi connectivity index (χ1v) is 6.88. The first-order chi connectivity index (χ1) is 9.56. The van der Waals surface area contributed by atoms with Crippen LogP contribution in [0.25, 0.3) is 11.0 Å². The van der Waals surface area contributed by atoms with Crippen LogP contribution in [0.5, 0.6) is 0 Å². The number of nitrogens with two attached hydrogens (primary N) is 1. The van der Waals surface area contributed by atoms with Crippen molar-refractivity contribution in [2.45, 2.75) is 26.8 Å². The smallest absolute Gasteiger partial charge is 0.134 e. The van der Waals surface area contributed by atoms with Gasteiger partial charge in [-0.15, -0.1) is 0 Å². The minimum Gasteiger partial charge on any atom is -0.459 e. The summed E-state index contributed by atoms with van der Waals surface area (Å²) in [5, 5.41) is 1.14. The van der Waals surface area contributed by atoms with Crippen LogP contribution >= 0.6 is 0 Å². The Morgan fingerprint density at radius 2 is 1.60 bits per heavy atom. The van der Waals surface area contributed by atoms with Gasteiger partial charge in [0, 0.05) is 10.9 Å². The summed E-state index contributed by atoms with van der Waals surface area (Å²) in [4.78, 5) is 0. The molecule has 0 aliphatic rings. The summed E-state index contributed by atoms with van der Waals surface area (Å²) in [6, 6.07) is 14.3. The second-order valence-electron chi connectivity index (χ2n) is 5.49. The van der Waals surface area contributed by atoms with E-state index in [-0.39, 0.29) is 6.04 Å². The maximum Gasteiger partial charge on any atom is 0.134 e. The van der Waals surface area contributed by atoms with E-state index in [9.17, 15) is 0 Å². The molecular weight excluding hydrogens is 246 g/mol. The van der Waals surface area contributed by atoms with Crippen molar-refractivity contribution in [1.82, 2.24) is 0 Å². The number of rotatable bonds is 2. The molecule has 1 atom stereocenters. The number of benzene rings is 2. The number of aryl methyl sites for hydroxylation is 3. The number of hydrogen-bond acceptors (Lipinski definition) is 2. The fourth-order valence-corrected chi connectivity index (χ4v) is 2.83. The van der Waals surface area contributed by atoms with E-state index in [1.807, 2.05) is 18.2 Å². The molecule has 2 heteroatoms. The highest BCUT2D eigenvalue weighted by atomic mass is 16.3. The SMILES string of the molecule is Cc1cc(C)cc(C(N)c2oc3ccccc3c2C)c1. The van der Waals surface area contributed by atoms with Crippen molar-refractivity contribution in [2.75, 3.05) is 0 Å². The zero-order valence-electron chi connectivity index (χ0n) is 12.1. The topological polar surface area (TPSA) is 39.2 Å². The predicted octanol–water partition coefficient (Wildman–Crippen LogP) is 4.41. The molecule has 3 rings (SSSR count). The lowest BCUT2D eigenvalue weighted by Crippen LogP contribution is -2.12. The van der Waals surface area contributed by atoms with Gasteiger partial charge in [-0.05, 0) is 32.4 Å². The molecule has 2 N–H and O–H groups in total. The normalized spacial score (nSPS) is 12.8. The van der Waals surface area contributed by atoms with Gasteiger partial charge < -0.3 is 10.2 Å². The molecule has 20 heavy (non-hydrogen) atoms. The third-order valence-electron chi connectivity index (χ3n) is 3.77. The van der Waals surface area contributed by atoms with Crippen molar-refractivity contribution in [2.24, 2.45) is 5.73 Å². The van der Waals surface area contributed by atoms with E-state index in [2.05, 4.69) is 45.0 Å².